The summed E-state index contributed by atoms with van der Waals surface area (Å²) in [7, 11) is 0. The highest BCUT2D eigenvalue weighted by Crippen LogP contribution is 2.29. The first-order chi connectivity index (χ1) is 7.94. The van der Waals surface area contributed by atoms with E-state index in [1.165, 1.54) is 25.7 Å². The van der Waals surface area contributed by atoms with Crippen LogP contribution in [0.3, 0.4) is 0 Å². The molecule has 0 radical (unpaired) electrons. The van der Waals surface area contributed by atoms with Crippen LogP contribution >= 0.6 is 0 Å². The van der Waals surface area contributed by atoms with Gasteiger partial charge in [0, 0.05) is 0 Å². The highest BCUT2D eigenvalue weighted by atomic mass is 16.6. The Labute approximate surface area is 105 Å². The molecule has 1 fully saturated rings. The molecule has 0 aromatic heterocycles. The molecule has 0 bridgehead atoms. The van der Waals surface area contributed by atoms with Gasteiger partial charge >= 0.3 is 5.97 Å². The SMILES string of the molecule is CCCCCCC[C@H]1O[C@@H]1C(=O)OC(C)(C)C. The van der Waals surface area contributed by atoms with Gasteiger partial charge in [0.25, 0.3) is 0 Å². The fourth-order valence-electron chi connectivity index (χ4n) is 1.88. The summed E-state index contributed by atoms with van der Waals surface area (Å²) >= 11 is 0. The molecule has 100 valence electrons. The van der Waals surface area contributed by atoms with Crippen LogP contribution in [0.25, 0.3) is 0 Å². The van der Waals surface area contributed by atoms with Crippen molar-refractivity contribution in [3.05, 3.63) is 0 Å². The Hall–Kier alpha value is -0.570. The van der Waals surface area contributed by atoms with E-state index in [9.17, 15) is 4.79 Å². The van der Waals surface area contributed by atoms with Gasteiger partial charge in [-0.1, -0.05) is 39.0 Å². The maximum Gasteiger partial charge on any atom is 0.338 e. The summed E-state index contributed by atoms with van der Waals surface area (Å²) in [5, 5.41) is 0. The summed E-state index contributed by atoms with van der Waals surface area (Å²) in [5.74, 6) is -0.198. The minimum absolute atomic E-state index is 0.117. The van der Waals surface area contributed by atoms with Crippen molar-refractivity contribution < 1.29 is 14.3 Å². The summed E-state index contributed by atoms with van der Waals surface area (Å²) < 4.78 is 10.6. The quantitative estimate of drug-likeness (QED) is 0.390. The predicted octanol–water partition coefficient (Wildman–Crippen LogP) is 3.46. The second-order valence-corrected chi connectivity index (χ2v) is 5.83. The molecule has 0 amide bonds. The average molecular weight is 242 g/mol. The van der Waals surface area contributed by atoms with E-state index in [0.717, 1.165) is 12.8 Å². The molecule has 0 aromatic carbocycles. The largest absolute Gasteiger partial charge is 0.458 e. The minimum atomic E-state index is -0.408. The lowest BCUT2D eigenvalue weighted by molar-refractivity contribution is -0.156. The van der Waals surface area contributed by atoms with Crippen LogP contribution < -0.4 is 0 Å². The Morgan fingerprint density at radius 2 is 1.82 bits per heavy atom. The summed E-state index contributed by atoms with van der Waals surface area (Å²) in [5.41, 5.74) is -0.408. The number of unbranched alkanes of at least 4 members (excludes halogenated alkanes) is 4. The highest BCUT2D eigenvalue weighted by Gasteiger charge is 2.46. The number of esters is 1. The molecule has 0 N–H and O–H groups in total. The third-order valence-electron chi connectivity index (χ3n) is 2.81. The molecule has 0 spiro atoms. The maximum absolute atomic E-state index is 11.6. The molecule has 1 aliphatic rings. The lowest BCUT2D eigenvalue weighted by Gasteiger charge is -2.18. The normalized spacial score (nSPS) is 23.5. The summed E-state index contributed by atoms with van der Waals surface area (Å²) in [6.45, 7) is 7.86. The molecule has 3 heteroatoms. The third-order valence-corrected chi connectivity index (χ3v) is 2.81. The standard InChI is InChI=1S/C14H26O3/c1-5-6-7-8-9-10-11-12(16-11)13(15)17-14(2,3)4/h11-12H,5-10H2,1-4H3/t11-,12+/m1/s1. The lowest BCUT2D eigenvalue weighted by atomic mass is 10.1. The van der Waals surface area contributed by atoms with Crippen LogP contribution in [0.1, 0.15) is 66.2 Å². The topological polar surface area (TPSA) is 38.8 Å². The van der Waals surface area contributed by atoms with Gasteiger partial charge in [-0.2, -0.15) is 0 Å². The van der Waals surface area contributed by atoms with Crippen molar-refractivity contribution in [1.82, 2.24) is 0 Å². The first kappa shape index (κ1) is 14.5. The molecule has 0 aromatic rings. The Bertz CT molecular complexity index is 242. The molecule has 1 rings (SSSR count). The van der Waals surface area contributed by atoms with E-state index in [2.05, 4.69) is 6.92 Å². The van der Waals surface area contributed by atoms with Gasteiger partial charge in [0.15, 0.2) is 6.10 Å². The summed E-state index contributed by atoms with van der Waals surface area (Å²) in [6.07, 6.45) is 7.08. The fraction of sp³-hybridized carbons (Fsp3) is 0.929. The van der Waals surface area contributed by atoms with Gasteiger partial charge in [0.1, 0.15) is 5.60 Å². The molecule has 0 saturated carbocycles. The van der Waals surface area contributed by atoms with E-state index in [-0.39, 0.29) is 18.2 Å². The van der Waals surface area contributed by atoms with E-state index in [1.54, 1.807) is 0 Å². The summed E-state index contributed by atoms with van der Waals surface area (Å²) in [4.78, 5) is 11.6. The average Bonchev–Trinajstić information content (AvgIpc) is 2.94. The first-order valence-electron chi connectivity index (χ1n) is 6.82. The van der Waals surface area contributed by atoms with Crippen LogP contribution in [0.4, 0.5) is 0 Å². The van der Waals surface area contributed by atoms with E-state index in [1.807, 2.05) is 20.8 Å². The Morgan fingerprint density at radius 3 is 2.41 bits per heavy atom. The van der Waals surface area contributed by atoms with E-state index in [0.29, 0.717) is 0 Å². The number of ether oxygens (including phenoxy) is 2. The van der Waals surface area contributed by atoms with Crippen LogP contribution in [0.5, 0.6) is 0 Å². The molecule has 17 heavy (non-hydrogen) atoms. The van der Waals surface area contributed by atoms with Crippen molar-refractivity contribution in [2.75, 3.05) is 0 Å². The van der Waals surface area contributed by atoms with Crippen molar-refractivity contribution in [1.29, 1.82) is 0 Å². The Morgan fingerprint density at radius 1 is 1.18 bits per heavy atom. The van der Waals surface area contributed by atoms with Gasteiger partial charge in [0.05, 0.1) is 6.10 Å². The van der Waals surface area contributed by atoms with Crippen molar-refractivity contribution in [2.45, 2.75) is 84.0 Å². The van der Waals surface area contributed by atoms with Crippen molar-refractivity contribution in [2.24, 2.45) is 0 Å². The number of rotatable bonds is 7. The smallest absolute Gasteiger partial charge is 0.338 e. The van der Waals surface area contributed by atoms with Crippen molar-refractivity contribution in [3.8, 4) is 0 Å². The Balaban J connectivity index is 2.06. The molecule has 1 saturated heterocycles. The molecular weight excluding hydrogens is 216 g/mol. The third kappa shape index (κ3) is 6.06. The van der Waals surface area contributed by atoms with Crippen molar-refractivity contribution >= 4 is 5.97 Å². The maximum atomic E-state index is 11.6. The zero-order chi connectivity index (χ0) is 12.9. The minimum Gasteiger partial charge on any atom is -0.458 e. The van der Waals surface area contributed by atoms with Crippen LogP contribution in [-0.2, 0) is 14.3 Å². The van der Waals surface area contributed by atoms with Gasteiger partial charge < -0.3 is 9.47 Å². The lowest BCUT2D eigenvalue weighted by Crippen LogP contribution is -2.27. The zero-order valence-electron chi connectivity index (χ0n) is 11.6. The van der Waals surface area contributed by atoms with Crippen molar-refractivity contribution in [3.63, 3.8) is 0 Å². The number of hydrogen-bond acceptors (Lipinski definition) is 3. The molecule has 3 nitrogen and oxygen atoms in total. The van der Waals surface area contributed by atoms with Gasteiger partial charge in [-0.05, 0) is 27.2 Å². The van der Waals surface area contributed by atoms with E-state index < -0.39 is 5.60 Å². The second-order valence-electron chi connectivity index (χ2n) is 5.83. The second kappa shape index (κ2) is 6.39. The fourth-order valence-corrected chi connectivity index (χ4v) is 1.88. The molecule has 2 atom stereocenters. The molecular formula is C14H26O3. The van der Waals surface area contributed by atoms with Gasteiger partial charge in [0.2, 0.25) is 0 Å². The molecule has 1 heterocycles. The summed E-state index contributed by atoms with van der Waals surface area (Å²) in [6, 6.07) is 0. The first-order valence-corrected chi connectivity index (χ1v) is 6.82. The van der Waals surface area contributed by atoms with Gasteiger partial charge in [-0.15, -0.1) is 0 Å². The van der Waals surface area contributed by atoms with E-state index >= 15 is 0 Å². The van der Waals surface area contributed by atoms with Gasteiger partial charge in [-0.3, -0.25) is 0 Å². The molecule has 0 unspecified atom stereocenters. The number of carbonyl (C=O) groups is 1. The van der Waals surface area contributed by atoms with Crippen LogP contribution in [0.2, 0.25) is 0 Å². The Kier molecular flexibility index (Phi) is 5.44. The highest BCUT2D eigenvalue weighted by molar-refractivity contribution is 5.78. The zero-order valence-corrected chi connectivity index (χ0v) is 11.6. The number of hydrogen-bond donors (Lipinski definition) is 0. The molecule has 0 aliphatic carbocycles. The predicted molar refractivity (Wildman–Crippen MR) is 67.9 cm³/mol. The van der Waals surface area contributed by atoms with Gasteiger partial charge in [-0.25, -0.2) is 4.79 Å². The van der Waals surface area contributed by atoms with Crippen LogP contribution in [0, 0.1) is 0 Å². The molecule has 1 aliphatic heterocycles. The van der Waals surface area contributed by atoms with Crippen LogP contribution in [0.15, 0.2) is 0 Å². The van der Waals surface area contributed by atoms with E-state index in [4.69, 9.17) is 9.47 Å². The number of epoxide rings is 1. The van der Waals surface area contributed by atoms with Crippen LogP contribution in [-0.4, -0.2) is 23.8 Å². The monoisotopic (exact) mass is 242 g/mol. The number of carbonyl (C=O) groups excluding carboxylic acids is 1.